The molecule has 0 radical (unpaired) electrons. The van der Waals surface area contributed by atoms with Crippen LogP contribution in [-0.2, 0) is 14.6 Å². The average Bonchev–Trinajstić information content (AvgIpc) is 3.13. The Morgan fingerprint density at radius 3 is 2.35 bits per heavy atom. The Hall–Kier alpha value is -2.00. The molecular weight excluding hydrogens is 454 g/mol. The molecule has 1 heterocycles. The third-order valence-electron chi connectivity index (χ3n) is 5.01. The van der Waals surface area contributed by atoms with E-state index in [1.54, 1.807) is 18.2 Å². The molecule has 1 aromatic heterocycles. The highest BCUT2D eigenvalue weighted by molar-refractivity contribution is 7.92. The molecular formula is C22H28ClN3O3S2. The third-order valence-corrected chi connectivity index (χ3v) is 7.67. The molecule has 31 heavy (non-hydrogen) atoms. The molecule has 3 rings (SSSR count). The number of anilines is 1. The number of hydrogen-bond acceptors (Lipinski definition) is 6. The largest absolute Gasteiger partial charge is 0.309 e. The number of amides is 1. The van der Waals surface area contributed by atoms with Crippen molar-refractivity contribution in [3.63, 3.8) is 0 Å². The first-order valence-electron chi connectivity index (χ1n) is 9.78. The minimum atomic E-state index is -3.72. The molecule has 0 N–H and O–H groups in total. The van der Waals surface area contributed by atoms with Crippen molar-refractivity contribution in [2.24, 2.45) is 0 Å². The zero-order valence-electron chi connectivity index (χ0n) is 18.2. The molecule has 0 saturated heterocycles. The van der Waals surface area contributed by atoms with Crippen LogP contribution >= 0.6 is 23.7 Å². The lowest BCUT2D eigenvalue weighted by atomic mass is 10.1. The summed E-state index contributed by atoms with van der Waals surface area (Å²) in [5.74, 6) is -1.03. The first kappa shape index (κ1) is 25.3. The van der Waals surface area contributed by atoms with Crippen LogP contribution in [0.3, 0.4) is 0 Å². The molecule has 3 aromatic rings. The van der Waals surface area contributed by atoms with E-state index in [0.717, 1.165) is 34.3 Å². The fraction of sp³-hybridized carbons (Fsp3) is 0.364. The van der Waals surface area contributed by atoms with Gasteiger partial charge in [0.15, 0.2) is 15.0 Å². The van der Waals surface area contributed by atoms with Crippen molar-refractivity contribution in [1.29, 1.82) is 0 Å². The molecule has 0 fully saturated rings. The van der Waals surface area contributed by atoms with Gasteiger partial charge in [-0.05, 0) is 70.2 Å². The highest BCUT2D eigenvalue weighted by Gasteiger charge is 2.26. The van der Waals surface area contributed by atoms with E-state index in [-0.39, 0.29) is 17.3 Å². The first-order valence-corrected chi connectivity index (χ1v) is 12.3. The normalized spacial score (nSPS) is 11.5. The second-order valence-electron chi connectivity index (χ2n) is 7.62. The second-order valence-corrected chi connectivity index (χ2v) is 10.6. The molecule has 0 saturated carbocycles. The zero-order valence-corrected chi connectivity index (χ0v) is 20.6. The van der Waals surface area contributed by atoms with Crippen LogP contribution in [0.4, 0.5) is 5.13 Å². The lowest BCUT2D eigenvalue weighted by Gasteiger charge is -2.21. The first-order chi connectivity index (χ1) is 14.2. The number of halogens is 1. The van der Waals surface area contributed by atoms with Gasteiger partial charge in [0.2, 0.25) is 5.91 Å². The molecule has 0 unspecified atom stereocenters. The van der Waals surface area contributed by atoms with Gasteiger partial charge in [0.05, 0.1) is 15.1 Å². The van der Waals surface area contributed by atoms with E-state index in [9.17, 15) is 13.2 Å². The Balaban J connectivity index is 0.00000341. The summed E-state index contributed by atoms with van der Waals surface area (Å²) in [6.07, 6.45) is 0.720. The number of nitrogens with zero attached hydrogens (tertiary/aromatic N) is 3. The predicted octanol–water partition coefficient (Wildman–Crippen LogP) is 4.09. The van der Waals surface area contributed by atoms with Gasteiger partial charge >= 0.3 is 0 Å². The van der Waals surface area contributed by atoms with Gasteiger partial charge in [-0.15, -0.1) is 12.4 Å². The van der Waals surface area contributed by atoms with Crippen LogP contribution in [0.25, 0.3) is 10.2 Å². The number of fused-ring (bicyclic) bond motifs is 1. The number of sulfone groups is 1. The molecule has 0 atom stereocenters. The predicted molar refractivity (Wildman–Crippen MR) is 130 cm³/mol. The van der Waals surface area contributed by atoms with Gasteiger partial charge < -0.3 is 4.90 Å². The van der Waals surface area contributed by atoms with Crippen LogP contribution in [0, 0.1) is 13.8 Å². The maximum atomic E-state index is 13.1. The summed E-state index contributed by atoms with van der Waals surface area (Å²) in [5, 5.41) is 0.547. The fourth-order valence-corrected chi connectivity index (χ4v) is 5.44. The van der Waals surface area contributed by atoms with Crippen molar-refractivity contribution < 1.29 is 13.2 Å². The van der Waals surface area contributed by atoms with Crippen LogP contribution in [0.1, 0.15) is 17.5 Å². The number of rotatable bonds is 8. The molecule has 0 spiro atoms. The molecule has 2 aromatic carbocycles. The van der Waals surface area contributed by atoms with Crippen LogP contribution in [-0.4, -0.2) is 57.1 Å². The number of carbonyl (C=O) groups excluding carboxylic acids is 1. The number of aromatic nitrogens is 1. The van der Waals surface area contributed by atoms with Gasteiger partial charge in [0, 0.05) is 6.54 Å². The quantitative estimate of drug-likeness (QED) is 0.484. The van der Waals surface area contributed by atoms with Crippen molar-refractivity contribution in [1.82, 2.24) is 9.88 Å². The number of thiazole rings is 1. The van der Waals surface area contributed by atoms with E-state index < -0.39 is 21.5 Å². The van der Waals surface area contributed by atoms with Crippen molar-refractivity contribution >= 4 is 54.8 Å². The Kier molecular flexibility index (Phi) is 8.59. The second kappa shape index (κ2) is 10.5. The van der Waals surface area contributed by atoms with Crippen LogP contribution in [0.2, 0.25) is 0 Å². The molecule has 9 heteroatoms. The summed E-state index contributed by atoms with van der Waals surface area (Å²) >= 11 is 1.42. The van der Waals surface area contributed by atoms with Crippen LogP contribution < -0.4 is 4.90 Å². The van der Waals surface area contributed by atoms with Gasteiger partial charge in [-0.25, -0.2) is 13.4 Å². The van der Waals surface area contributed by atoms with Crippen LogP contribution in [0.5, 0.6) is 0 Å². The van der Waals surface area contributed by atoms with E-state index in [1.165, 1.54) is 28.4 Å². The van der Waals surface area contributed by atoms with Crippen molar-refractivity contribution in [2.45, 2.75) is 25.2 Å². The standard InChI is InChI=1S/C22H27N3O3S2.ClH/c1-16-11-12-19-21(17(16)2)23-22(29-19)25(14-8-13-24(3)4)20(26)15-30(27,28)18-9-6-5-7-10-18;/h5-7,9-12H,8,13-15H2,1-4H3;1H. The minimum absolute atomic E-state index is 0. The van der Waals surface area contributed by atoms with E-state index >= 15 is 0 Å². The minimum Gasteiger partial charge on any atom is -0.309 e. The molecule has 0 bridgehead atoms. The van der Waals surface area contributed by atoms with Crippen molar-refractivity contribution in [2.75, 3.05) is 37.8 Å². The Bertz CT molecular complexity index is 1150. The van der Waals surface area contributed by atoms with E-state index in [4.69, 9.17) is 4.98 Å². The molecule has 1 amide bonds. The maximum absolute atomic E-state index is 13.1. The SMILES string of the molecule is Cc1ccc2sc(N(CCCN(C)C)C(=O)CS(=O)(=O)c3ccccc3)nc2c1C.Cl. The monoisotopic (exact) mass is 481 g/mol. The highest BCUT2D eigenvalue weighted by atomic mass is 35.5. The van der Waals surface area contributed by atoms with Gasteiger partial charge in [-0.1, -0.05) is 35.6 Å². The topological polar surface area (TPSA) is 70.6 Å². The number of benzene rings is 2. The molecule has 6 nitrogen and oxygen atoms in total. The zero-order chi connectivity index (χ0) is 21.9. The molecule has 168 valence electrons. The maximum Gasteiger partial charge on any atom is 0.244 e. The summed E-state index contributed by atoms with van der Waals surface area (Å²) < 4.78 is 26.5. The number of hydrogen-bond donors (Lipinski definition) is 0. The Labute approximate surface area is 194 Å². The third kappa shape index (κ3) is 6.04. The van der Waals surface area contributed by atoms with Crippen molar-refractivity contribution in [3.8, 4) is 0 Å². The van der Waals surface area contributed by atoms with E-state index in [0.29, 0.717) is 11.7 Å². The summed E-state index contributed by atoms with van der Waals surface area (Å²) in [7, 11) is 0.213. The van der Waals surface area contributed by atoms with Gasteiger partial charge in [-0.3, -0.25) is 9.69 Å². The number of aryl methyl sites for hydroxylation is 2. The van der Waals surface area contributed by atoms with E-state index in [2.05, 4.69) is 0 Å². The smallest absolute Gasteiger partial charge is 0.244 e. The lowest BCUT2D eigenvalue weighted by Crippen LogP contribution is -2.37. The summed E-state index contributed by atoms with van der Waals surface area (Å²) in [5.41, 5.74) is 3.08. The molecule has 0 aliphatic heterocycles. The lowest BCUT2D eigenvalue weighted by molar-refractivity contribution is -0.116. The van der Waals surface area contributed by atoms with Gasteiger partial charge in [0.1, 0.15) is 5.75 Å². The highest BCUT2D eigenvalue weighted by Crippen LogP contribution is 2.32. The summed E-state index contributed by atoms with van der Waals surface area (Å²) in [6, 6.07) is 12.1. The van der Waals surface area contributed by atoms with Gasteiger partial charge in [-0.2, -0.15) is 0 Å². The van der Waals surface area contributed by atoms with Gasteiger partial charge in [0.25, 0.3) is 0 Å². The fourth-order valence-electron chi connectivity index (χ4n) is 3.15. The Morgan fingerprint density at radius 1 is 1.03 bits per heavy atom. The molecule has 0 aliphatic rings. The van der Waals surface area contributed by atoms with Crippen molar-refractivity contribution in [3.05, 3.63) is 53.6 Å². The Morgan fingerprint density at radius 2 is 1.71 bits per heavy atom. The molecule has 0 aliphatic carbocycles. The number of carbonyl (C=O) groups is 1. The van der Waals surface area contributed by atoms with E-state index in [1.807, 2.05) is 45.0 Å². The average molecular weight is 482 g/mol. The summed E-state index contributed by atoms with van der Waals surface area (Å²) in [6.45, 7) is 5.25. The van der Waals surface area contributed by atoms with Crippen LogP contribution in [0.15, 0.2) is 47.4 Å². The summed E-state index contributed by atoms with van der Waals surface area (Å²) in [4.78, 5) is 21.6.